The normalized spacial score (nSPS) is 21.4. The Morgan fingerprint density at radius 1 is 0.945 bits per heavy atom. The number of nitrogen functional groups attached to an aromatic ring is 1. The third-order valence-corrected chi connectivity index (χ3v) is 11.1. The molecule has 1 unspecified atom stereocenters. The monoisotopic (exact) mass is 788 g/mol. The number of nitriles is 1. The Bertz CT molecular complexity index is 1640. The van der Waals surface area contributed by atoms with Gasteiger partial charge in [-0.25, -0.2) is 19.0 Å². The number of hydrogen-bond donors (Lipinski definition) is 4. The highest BCUT2D eigenvalue weighted by Gasteiger charge is 2.54. The molecule has 1 fully saturated rings. The lowest BCUT2D eigenvalue weighted by Gasteiger charge is -2.27. The Balaban J connectivity index is 1.18. The number of phosphoric acid groups is 1. The molecule has 4 heterocycles. The number of fused-ring (bicyclic) bond motifs is 1. The van der Waals surface area contributed by atoms with Crippen LogP contribution in [0.2, 0.25) is 0 Å². The van der Waals surface area contributed by atoms with E-state index in [9.17, 15) is 19.7 Å². The van der Waals surface area contributed by atoms with Crippen molar-refractivity contribution in [3.63, 3.8) is 0 Å². The minimum absolute atomic E-state index is 0.0610. The number of ether oxygens (including phenoxy) is 3. The Kier molecular flexibility index (Phi) is 18.7. The van der Waals surface area contributed by atoms with E-state index in [-0.39, 0.29) is 24.9 Å². The van der Waals surface area contributed by atoms with Crippen LogP contribution < -0.4 is 10.5 Å². The molecule has 3 aromatic rings. The van der Waals surface area contributed by atoms with Crippen LogP contribution in [0.4, 0.5) is 5.82 Å². The van der Waals surface area contributed by atoms with E-state index in [0.717, 1.165) is 19.3 Å². The molecule has 0 aromatic carbocycles. The first-order chi connectivity index (χ1) is 26.6. The first-order valence-corrected chi connectivity index (χ1v) is 21.4. The Morgan fingerprint density at radius 2 is 1.58 bits per heavy atom. The molecule has 3 aromatic heterocycles. The summed E-state index contributed by atoms with van der Waals surface area (Å²) in [7, 11) is -4.76. The summed E-state index contributed by atoms with van der Waals surface area (Å²) in [5, 5.41) is 35.1. The average Bonchev–Trinajstić information content (AvgIpc) is 3.72. The van der Waals surface area contributed by atoms with Crippen LogP contribution >= 0.6 is 7.82 Å². The number of phosphoric ester groups is 1. The second-order valence-electron chi connectivity index (χ2n) is 14.5. The molecule has 4 rings (SSSR count). The number of pyridine rings is 1. The summed E-state index contributed by atoms with van der Waals surface area (Å²) in [5.41, 5.74) is 5.72. The fourth-order valence-electron chi connectivity index (χ4n) is 6.83. The molecule has 1 saturated heterocycles. The third kappa shape index (κ3) is 14.1. The smallest absolute Gasteiger partial charge is 0.472 e. The first-order valence-electron chi connectivity index (χ1n) is 19.9. The van der Waals surface area contributed by atoms with Crippen LogP contribution in [-0.4, -0.2) is 85.5 Å². The number of aromatic nitrogens is 4. The summed E-state index contributed by atoms with van der Waals surface area (Å²) in [6.45, 7) is 3.43. The molecular formula is C39H61N6O9P. The van der Waals surface area contributed by atoms with Crippen LogP contribution in [0, 0.1) is 11.3 Å². The number of aliphatic hydroxyl groups excluding tert-OH is 2. The van der Waals surface area contributed by atoms with E-state index in [2.05, 4.69) is 22.0 Å². The number of nitrogens with two attached hydrogens (primary N) is 1. The standard InChI is InChI=1S/C39H61N6O9P/c1-3-4-5-6-7-8-9-10-11-12-13-14-15-16-17-18-23-50-26-31(27-51-35-22-19-30(24-40)25-42-35)54-55(48,49)52-28-33-36(46)37(47)39(2,53-33)34-21-20-32-38(41)43-29-44-45(32)34/h19-22,25,29,31,33,36-37,46-47H,3-18,23,26-28H2,1-2H3,(H,48,49)(H2,41,43,44)/t31-,33-,36-,37-,39+/m1/s1. The molecule has 0 radical (unpaired) electrons. The van der Waals surface area contributed by atoms with Gasteiger partial charge in [0.15, 0.2) is 5.82 Å². The predicted molar refractivity (Wildman–Crippen MR) is 207 cm³/mol. The van der Waals surface area contributed by atoms with Gasteiger partial charge in [0.1, 0.15) is 54.5 Å². The van der Waals surface area contributed by atoms with Crippen LogP contribution in [0.5, 0.6) is 5.88 Å². The van der Waals surface area contributed by atoms with Gasteiger partial charge in [0.05, 0.1) is 24.5 Å². The maximum absolute atomic E-state index is 13.2. The SMILES string of the molecule is CCCCCCCCCCCCCCCCCCOC[C@H](COc1ccc(C#N)cn1)OP(=O)(O)OC[C@H]1O[C@@](C)(c2ccc3c(N)ncnn23)[C@H](O)[C@@H]1O. The fraction of sp³-hybridized carbons (Fsp3) is 0.692. The molecule has 55 heavy (non-hydrogen) atoms. The minimum atomic E-state index is -4.76. The summed E-state index contributed by atoms with van der Waals surface area (Å²) in [6.07, 6.45) is 17.7. The molecular weight excluding hydrogens is 727 g/mol. The Labute approximate surface area is 325 Å². The van der Waals surface area contributed by atoms with Gasteiger partial charge < -0.3 is 35.1 Å². The summed E-state index contributed by atoms with van der Waals surface area (Å²) in [5.74, 6) is 0.415. The van der Waals surface area contributed by atoms with Crippen molar-refractivity contribution >= 4 is 19.2 Å². The number of anilines is 1. The molecule has 16 heteroatoms. The lowest BCUT2D eigenvalue weighted by atomic mass is 9.93. The van der Waals surface area contributed by atoms with Crippen LogP contribution in [0.15, 0.2) is 36.8 Å². The van der Waals surface area contributed by atoms with Gasteiger partial charge in [0.2, 0.25) is 5.88 Å². The predicted octanol–water partition coefficient (Wildman–Crippen LogP) is 6.77. The molecule has 0 aliphatic carbocycles. The Hall–Kier alpha value is -3.19. The van der Waals surface area contributed by atoms with Crippen LogP contribution in [-0.2, 0) is 28.7 Å². The largest absolute Gasteiger partial charge is 0.475 e. The van der Waals surface area contributed by atoms with E-state index >= 15 is 0 Å². The van der Waals surface area contributed by atoms with E-state index in [1.807, 2.05) is 6.07 Å². The molecule has 0 bridgehead atoms. The number of unbranched alkanes of at least 4 members (excludes halogenated alkanes) is 15. The number of nitrogens with zero attached hydrogens (tertiary/aromatic N) is 5. The number of aliphatic hydroxyl groups is 2. The van der Waals surface area contributed by atoms with Gasteiger partial charge in [-0.2, -0.15) is 10.4 Å². The van der Waals surface area contributed by atoms with Crippen LogP contribution in [0.1, 0.15) is 128 Å². The van der Waals surface area contributed by atoms with Crippen LogP contribution in [0.25, 0.3) is 5.52 Å². The molecule has 6 atom stereocenters. The van der Waals surface area contributed by atoms with Gasteiger partial charge in [-0.15, -0.1) is 0 Å². The zero-order valence-electron chi connectivity index (χ0n) is 32.5. The summed E-state index contributed by atoms with van der Waals surface area (Å²) >= 11 is 0. The zero-order chi connectivity index (χ0) is 39.5. The van der Waals surface area contributed by atoms with E-state index in [1.54, 1.807) is 25.1 Å². The van der Waals surface area contributed by atoms with Gasteiger partial charge in [-0.05, 0) is 31.5 Å². The van der Waals surface area contributed by atoms with Gasteiger partial charge in [0, 0.05) is 18.9 Å². The fourth-order valence-corrected chi connectivity index (χ4v) is 7.72. The lowest BCUT2D eigenvalue weighted by molar-refractivity contribution is -0.0900. The minimum Gasteiger partial charge on any atom is -0.475 e. The number of hydrogen-bond acceptors (Lipinski definition) is 13. The van der Waals surface area contributed by atoms with E-state index in [0.29, 0.717) is 23.4 Å². The molecule has 0 spiro atoms. The molecule has 0 saturated carbocycles. The van der Waals surface area contributed by atoms with Crippen molar-refractivity contribution in [2.45, 2.75) is 147 Å². The molecule has 1 aliphatic heterocycles. The van der Waals surface area contributed by atoms with Crippen molar-refractivity contribution in [2.24, 2.45) is 0 Å². The molecule has 15 nitrogen and oxygen atoms in total. The van der Waals surface area contributed by atoms with E-state index in [1.165, 1.54) is 107 Å². The van der Waals surface area contributed by atoms with Crippen molar-refractivity contribution in [1.29, 1.82) is 5.26 Å². The summed E-state index contributed by atoms with van der Waals surface area (Å²) in [6, 6.07) is 8.35. The maximum atomic E-state index is 13.2. The number of rotatable bonds is 28. The van der Waals surface area contributed by atoms with Crippen molar-refractivity contribution in [2.75, 3.05) is 32.2 Å². The second kappa shape index (κ2) is 23.1. The molecule has 0 amide bonds. The molecule has 1 aliphatic rings. The highest BCUT2D eigenvalue weighted by Crippen LogP contribution is 2.47. The molecule has 5 N–H and O–H groups in total. The van der Waals surface area contributed by atoms with E-state index in [4.69, 9.17) is 34.3 Å². The quantitative estimate of drug-likeness (QED) is 0.0441. The van der Waals surface area contributed by atoms with Gasteiger partial charge >= 0.3 is 7.82 Å². The topological polar surface area (TPSA) is 217 Å². The third-order valence-electron chi connectivity index (χ3n) is 10.1. The van der Waals surface area contributed by atoms with Gasteiger partial charge in [-0.3, -0.25) is 9.05 Å². The zero-order valence-corrected chi connectivity index (χ0v) is 33.4. The highest BCUT2D eigenvalue weighted by atomic mass is 31.2. The molecule has 306 valence electrons. The average molecular weight is 789 g/mol. The van der Waals surface area contributed by atoms with E-state index < -0.39 is 44.4 Å². The van der Waals surface area contributed by atoms with Gasteiger partial charge in [0.25, 0.3) is 0 Å². The second-order valence-corrected chi connectivity index (χ2v) is 15.9. The summed E-state index contributed by atoms with van der Waals surface area (Å²) < 4.78 is 42.9. The summed E-state index contributed by atoms with van der Waals surface area (Å²) in [4.78, 5) is 18.8. The first kappa shape index (κ1) is 44.5. The van der Waals surface area contributed by atoms with Crippen molar-refractivity contribution in [3.05, 3.63) is 48.0 Å². The lowest BCUT2D eigenvalue weighted by Crippen LogP contribution is -2.39. The van der Waals surface area contributed by atoms with Crippen molar-refractivity contribution in [1.82, 2.24) is 19.6 Å². The highest BCUT2D eigenvalue weighted by molar-refractivity contribution is 7.47. The van der Waals surface area contributed by atoms with Crippen molar-refractivity contribution in [3.8, 4) is 11.9 Å². The maximum Gasteiger partial charge on any atom is 0.472 e. The van der Waals surface area contributed by atoms with Gasteiger partial charge in [-0.1, -0.05) is 103 Å². The van der Waals surface area contributed by atoms with Crippen molar-refractivity contribution < 1.29 is 42.9 Å². The van der Waals surface area contributed by atoms with Crippen LogP contribution in [0.3, 0.4) is 0 Å². The Morgan fingerprint density at radius 3 is 2.18 bits per heavy atom.